The lowest BCUT2D eigenvalue weighted by atomic mass is 10.0. The van der Waals surface area contributed by atoms with Gasteiger partial charge in [-0.2, -0.15) is 0 Å². The van der Waals surface area contributed by atoms with E-state index in [1.807, 2.05) is 30.3 Å². The molecule has 0 amide bonds. The second kappa shape index (κ2) is 16.8. The second-order valence-corrected chi connectivity index (χ2v) is 8.32. The summed E-state index contributed by atoms with van der Waals surface area (Å²) >= 11 is 0. The topological polar surface area (TPSA) is 26.3 Å². The molecule has 0 heterocycles. The minimum atomic E-state index is -0.0627. The SMILES string of the molecule is CC(C)CCCCCCCCCCCCCCC(=O)OCc1ccccc1. The highest BCUT2D eigenvalue weighted by atomic mass is 16.5. The third-order valence-electron chi connectivity index (χ3n) is 5.16. The van der Waals surface area contributed by atoms with Crippen LogP contribution in [-0.4, -0.2) is 5.97 Å². The van der Waals surface area contributed by atoms with Crippen LogP contribution in [0.1, 0.15) is 109 Å². The number of hydrogen-bond acceptors (Lipinski definition) is 2. The summed E-state index contributed by atoms with van der Waals surface area (Å²) in [4.78, 5) is 11.7. The smallest absolute Gasteiger partial charge is 0.306 e. The van der Waals surface area contributed by atoms with Gasteiger partial charge in [0.05, 0.1) is 0 Å². The maximum Gasteiger partial charge on any atom is 0.306 e. The minimum Gasteiger partial charge on any atom is -0.461 e. The monoisotopic (exact) mass is 374 g/mol. The van der Waals surface area contributed by atoms with Gasteiger partial charge in [0.1, 0.15) is 6.61 Å². The third kappa shape index (κ3) is 15.4. The first-order valence-corrected chi connectivity index (χ1v) is 11.4. The molecule has 0 saturated heterocycles. The van der Waals surface area contributed by atoms with Crippen LogP contribution in [0.15, 0.2) is 30.3 Å². The van der Waals surface area contributed by atoms with Crippen molar-refractivity contribution < 1.29 is 9.53 Å². The summed E-state index contributed by atoms with van der Waals surface area (Å²) < 4.78 is 5.31. The van der Waals surface area contributed by atoms with Crippen LogP contribution < -0.4 is 0 Å². The molecule has 1 aromatic carbocycles. The van der Waals surface area contributed by atoms with Gasteiger partial charge in [-0.15, -0.1) is 0 Å². The Morgan fingerprint density at radius 2 is 1.22 bits per heavy atom. The molecule has 0 unspecified atom stereocenters. The van der Waals surface area contributed by atoms with Crippen molar-refractivity contribution >= 4 is 5.97 Å². The summed E-state index contributed by atoms with van der Waals surface area (Å²) in [6.45, 7) is 5.03. The average molecular weight is 375 g/mol. The van der Waals surface area contributed by atoms with Gasteiger partial charge in [0, 0.05) is 6.42 Å². The number of carbonyl (C=O) groups is 1. The van der Waals surface area contributed by atoms with E-state index in [1.54, 1.807) is 0 Å². The Hall–Kier alpha value is -1.31. The summed E-state index contributed by atoms with van der Waals surface area (Å²) in [6.07, 6.45) is 17.9. The molecule has 0 aromatic heterocycles. The van der Waals surface area contributed by atoms with E-state index >= 15 is 0 Å². The summed E-state index contributed by atoms with van der Waals surface area (Å²) in [6, 6.07) is 9.88. The number of unbranched alkanes of at least 4 members (excludes halogenated alkanes) is 11. The van der Waals surface area contributed by atoms with E-state index in [9.17, 15) is 4.79 Å². The Morgan fingerprint density at radius 1 is 0.741 bits per heavy atom. The molecule has 0 atom stereocenters. The maximum absolute atomic E-state index is 11.7. The van der Waals surface area contributed by atoms with Crippen LogP contribution in [0.3, 0.4) is 0 Å². The molecule has 2 heteroatoms. The zero-order valence-electron chi connectivity index (χ0n) is 17.9. The Morgan fingerprint density at radius 3 is 1.74 bits per heavy atom. The molecule has 0 radical (unpaired) electrons. The van der Waals surface area contributed by atoms with Gasteiger partial charge >= 0.3 is 5.97 Å². The Balaban J connectivity index is 1.78. The fraction of sp³-hybridized carbons (Fsp3) is 0.720. The molecular weight excluding hydrogens is 332 g/mol. The Bertz CT molecular complexity index is 453. The molecule has 0 spiro atoms. The van der Waals surface area contributed by atoms with Crippen LogP contribution in [0.2, 0.25) is 0 Å². The molecule has 0 N–H and O–H groups in total. The van der Waals surface area contributed by atoms with Crippen LogP contribution in [0.5, 0.6) is 0 Å². The van der Waals surface area contributed by atoms with E-state index in [2.05, 4.69) is 13.8 Å². The Labute approximate surface area is 168 Å². The van der Waals surface area contributed by atoms with Crippen molar-refractivity contribution in [1.82, 2.24) is 0 Å². The van der Waals surface area contributed by atoms with E-state index in [0.29, 0.717) is 13.0 Å². The van der Waals surface area contributed by atoms with Crippen molar-refractivity contribution in [3.8, 4) is 0 Å². The van der Waals surface area contributed by atoms with Gasteiger partial charge in [-0.05, 0) is 17.9 Å². The molecule has 2 nitrogen and oxygen atoms in total. The number of hydrogen-bond donors (Lipinski definition) is 0. The lowest BCUT2D eigenvalue weighted by molar-refractivity contribution is -0.145. The molecule has 0 aliphatic heterocycles. The lowest BCUT2D eigenvalue weighted by Crippen LogP contribution is -2.04. The van der Waals surface area contributed by atoms with E-state index < -0.39 is 0 Å². The fourth-order valence-electron chi connectivity index (χ4n) is 3.40. The van der Waals surface area contributed by atoms with Gasteiger partial charge in [0.25, 0.3) is 0 Å². The highest BCUT2D eigenvalue weighted by molar-refractivity contribution is 5.69. The van der Waals surface area contributed by atoms with Gasteiger partial charge in [-0.3, -0.25) is 4.79 Å². The maximum atomic E-state index is 11.7. The van der Waals surface area contributed by atoms with Gasteiger partial charge in [0.15, 0.2) is 0 Å². The predicted molar refractivity (Wildman–Crippen MR) is 116 cm³/mol. The summed E-state index contributed by atoms with van der Waals surface area (Å²) in [5.74, 6) is 0.803. The van der Waals surface area contributed by atoms with Gasteiger partial charge < -0.3 is 4.74 Å². The fourth-order valence-corrected chi connectivity index (χ4v) is 3.40. The predicted octanol–water partition coefficient (Wildman–Crippen LogP) is 7.85. The van der Waals surface area contributed by atoms with Crippen molar-refractivity contribution in [3.05, 3.63) is 35.9 Å². The summed E-state index contributed by atoms with van der Waals surface area (Å²) in [5.41, 5.74) is 1.06. The standard InChI is InChI=1S/C25H42O2/c1-23(2)18-14-11-9-7-5-3-4-6-8-10-12-17-21-25(26)27-22-24-19-15-13-16-20-24/h13,15-16,19-20,23H,3-12,14,17-18,21-22H2,1-2H3. The van der Waals surface area contributed by atoms with Gasteiger partial charge in [-0.1, -0.05) is 121 Å². The number of carbonyl (C=O) groups excluding carboxylic acids is 1. The van der Waals surface area contributed by atoms with Crippen LogP contribution in [0.4, 0.5) is 0 Å². The quantitative estimate of drug-likeness (QED) is 0.205. The first-order valence-electron chi connectivity index (χ1n) is 11.4. The van der Waals surface area contributed by atoms with Crippen molar-refractivity contribution in [2.75, 3.05) is 0 Å². The van der Waals surface area contributed by atoms with Gasteiger partial charge in [-0.25, -0.2) is 0 Å². The molecule has 27 heavy (non-hydrogen) atoms. The number of esters is 1. The van der Waals surface area contributed by atoms with E-state index in [4.69, 9.17) is 4.74 Å². The molecule has 0 aliphatic rings. The number of rotatable bonds is 17. The first-order chi connectivity index (χ1) is 13.2. The minimum absolute atomic E-state index is 0.0627. The van der Waals surface area contributed by atoms with E-state index in [-0.39, 0.29) is 5.97 Å². The van der Waals surface area contributed by atoms with E-state index in [0.717, 1.165) is 24.3 Å². The average Bonchev–Trinajstić information content (AvgIpc) is 2.67. The van der Waals surface area contributed by atoms with Crippen LogP contribution in [0, 0.1) is 5.92 Å². The zero-order valence-corrected chi connectivity index (χ0v) is 17.9. The first kappa shape index (κ1) is 23.7. The Kier molecular flexibility index (Phi) is 14.8. The zero-order chi connectivity index (χ0) is 19.6. The highest BCUT2D eigenvalue weighted by Crippen LogP contribution is 2.14. The highest BCUT2D eigenvalue weighted by Gasteiger charge is 2.03. The largest absolute Gasteiger partial charge is 0.461 e. The molecule has 1 rings (SSSR count). The molecule has 0 aliphatic carbocycles. The molecule has 0 bridgehead atoms. The second-order valence-electron chi connectivity index (χ2n) is 8.32. The summed E-state index contributed by atoms with van der Waals surface area (Å²) in [5, 5.41) is 0. The molecule has 1 aromatic rings. The van der Waals surface area contributed by atoms with Gasteiger partial charge in [0.2, 0.25) is 0 Å². The van der Waals surface area contributed by atoms with Crippen molar-refractivity contribution in [1.29, 1.82) is 0 Å². The van der Waals surface area contributed by atoms with Crippen LogP contribution >= 0.6 is 0 Å². The molecule has 0 saturated carbocycles. The van der Waals surface area contributed by atoms with E-state index in [1.165, 1.54) is 70.6 Å². The lowest BCUT2D eigenvalue weighted by Gasteiger charge is -2.05. The molecule has 0 fully saturated rings. The number of ether oxygens (including phenoxy) is 1. The molecular formula is C25H42O2. The normalized spacial score (nSPS) is 11.1. The summed E-state index contributed by atoms with van der Waals surface area (Å²) in [7, 11) is 0. The molecule has 154 valence electrons. The van der Waals surface area contributed by atoms with Crippen LogP contribution in [0.25, 0.3) is 0 Å². The van der Waals surface area contributed by atoms with Crippen molar-refractivity contribution in [2.24, 2.45) is 5.92 Å². The number of benzene rings is 1. The van der Waals surface area contributed by atoms with Crippen molar-refractivity contribution in [3.63, 3.8) is 0 Å². The third-order valence-corrected chi connectivity index (χ3v) is 5.16. The van der Waals surface area contributed by atoms with Crippen LogP contribution in [-0.2, 0) is 16.1 Å². The van der Waals surface area contributed by atoms with Crippen molar-refractivity contribution in [2.45, 2.75) is 110 Å².